The predicted octanol–water partition coefficient (Wildman–Crippen LogP) is 2.99. The van der Waals surface area contributed by atoms with E-state index >= 15 is 0 Å². The molecule has 0 spiro atoms. The number of benzene rings is 2. The lowest BCUT2D eigenvalue weighted by Crippen LogP contribution is -2.57. The van der Waals surface area contributed by atoms with Gasteiger partial charge in [-0.15, -0.1) is 0 Å². The topological polar surface area (TPSA) is 202 Å². The molecule has 2 aromatic carbocycles. The molecule has 4 bridgehead atoms. The number of carbonyl (C=O) groups is 4. The number of hydrogen-bond donors (Lipinski definition) is 4. The maximum absolute atomic E-state index is 13.8. The van der Waals surface area contributed by atoms with Crippen molar-refractivity contribution in [1.29, 1.82) is 0 Å². The summed E-state index contributed by atoms with van der Waals surface area (Å²) in [5.41, 5.74) is -3.02. The first-order chi connectivity index (χ1) is 29.7. The van der Waals surface area contributed by atoms with Gasteiger partial charge in [-0.2, -0.15) is 0 Å². The highest BCUT2D eigenvalue weighted by atomic mass is 19.1. The van der Waals surface area contributed by atoms with Crippen LogP contribution in [0.25, 0.3) is 0 Å². The lowest BCUT2D eigenvalue weighted by Gasteiger charge is -2.44. The van der Waals surface area contributed by atoms with E-state index in [0.29, 0.717) is 12.1 Å². The average molecular weight is 863 g/mol. The van der Waals surface area contributed by atoms with E-state index in [1.165, 1.54) is 33.7 Å². The monoisotopic (exact) mass is 862 g/mol. The minimum Gasteiger partial charge on any atom is -0.503 e. The van der Waals surface area contributed by atoms with Crippen molar-refractivity contribution < 1.29 is 56.4 Å². The van der Waals surface area contributed by atoms with Crippen LogP contribution >= 0.6 is 0 Å². The number of nitrogens with zero attached hydrogens (tertiary/aromatic N) is 4. The molecule has 4 amide bonds. The van der Waals surface area contributed by atoms with Gasteiger partial charge in [-0.05, 0) is 50.7 Å². The third kappa shape index (κ3) is 7.15. The second-order valence-electron chi connectivity index (χ2n) is 16.1. The Balaban J connectivity index is 0.000000158. The highest BCUT2D eigenvalue weighted by Gasteiger charge is 2.49. The molecular weight excluding hydrogens is 824 g/mol. The Kier molecular flexibility index (Phi) is 10.4. The van der Waals surface area contributed by atoms with Crippen LogP contribution in [0.2, 0.25) is 0 Å². The van der Waals surface area contributed by atoms with Gasteiger partial charge in [0.2, 0.25) is 10.9 Å². The van der Waals surface area contributed by atoms with Crippen LogP contribution in [0.15, 0.2) is 58.4 Å². The van der Waals surface area contributed by atoms with Crippen molar-refractivity contribution in [1.82, 2.24) is 29.6 Å². The fourth-order valence-electron chi connectivity index (χ4n) is 9.30. The average Bonchev–Trinajstić information content (AvgIpc) is 3.80. The first-order valence-electron chi connectivity index (χ1n) is 20.0. The highest BCUT2D eigenvalue weighted by molar-refractivity contribution is 6.00. The number of amides is 4. The number of nitrogens with one attached hydrogen (secondary N) is 2. The van der Waals surface area contributed by atoms with Crippen molar-refractivity contribution in [3.63, 3.8) is 0 Å². The Morgan fingerprint density at radius 3 is 1.42 bits per heavy atom. The molecule has 324 valence electrons. The van der Waals surface area contributed by atoms with Gasteiger partial charge >= 0.3 is 0 Å². The van der Waals surface area contributed by atoms with Gasteiger partial charge in [-0.1, -0.05) is 12.1 Å². The van der Waals surface area contributed by atoms with E-state index in [1.807, 2.05) is 0 Å². The van der Waals surface area contributed by atoms with Crippen molar-refractivity contribution in [2.45, 2.75) is 101 Å². The van der Waals surface area contributed by atoms with E-state index in [1.54, 1.807) is 9.80 Å². The summed E-state index contributed by atoms with van der Waals surface area (Å²) in [6.07, 6.45) is 6.26. The second-order valence-corrected chi connectivity index (χ2v) is 16.1. The smallest absolute Gasteiger partial charge is 0.276 e. The molecule has 4 N–H and O–H groups in total. The minimum atomic E-state index is -0.989. The zero-order chi connectivity index (χ0) is 43.7. The fraction of sp³-hybridized carbons (Fsp3) is 0.381. The van der Waals surface area contributed by atoms with Crippen LogP contribution in [0.1, 0.15) is 91.3 Å². The predicted molar refractivity (Wildman–Crippen MR) is 205 cm³/mol. The number of aromatic hydroxyl groups is 2. The molecule has 0 radical (unpaired) electrons. The quantitative estimate of drug-likeness (QED) is 0.209. The lowest BCUT2D eigenvalue weighted by molar-refractivity contribution is -0.132. The number of carbonyl (C=O) groups excluding carboxylic acids is 4. The number of ether oxygens (including phenoxy) is 2. The number of halogens is 4. The van der Waals surface area contributed by atoms with Crippen LogP contribution in [0, 0.1) is 23.3 Å². The number of rotatable bonds is 6. The van der Waals surface area contributed by atoms with Gasteiger partial charge in [0.05, 0.1) is 25.3 Å². The van der Waals surface area contributed by atoms with Gasteiger partial charge in [0.25, 0.3) is 23.6 Å². The number of hydrogen-bond acceptors (Lipinski definition) is 10. The number of aromatic nitrogens is 2. The summed E-state index contributed by atoms with van der Waals surface area (Å²) in [5.74, 6) is -7.47. The van der Waals surface area contributed by atoms with Crippen molar-refractivity contribution in [3.8, 4) is 11.5 Å². The fourth-order valence-corrected chi connectivity index (χ4v) is 9.30. The Morgan fingerprint density at radius 2 is 1.03 bits per heavy atom. The lowest BCUT2D eigenvalue weighted by atomic mass is 10.1. The minimum absolute atomic E-state index is 0.00748. The summed E-state index contributed by atoms with van der Waals surface area (Å²) in [5, 5.41) is 25.7. The third-order valence-corrected chi connectivity index (χ3v) is 12.3. The molecule has 20 heteroatoms. The molecule has 2 saturated heterocycles. The molecule has 10 rings (SSSR count). The maximum Gasteiger partial charge on any atom is 0.276 e. The van der Waals surface area contributed by atoms with Crippen LogP contribution < -0.4 is 21.5 Å². The molecule has 4 aromatic rings. The zero-order valence-electron chi connectivity index (χ0n) is 32.6. The molecule has 16 nitrogen and oxygen atoms in total. The molecular formula is C42H38F4N6O10. The van der Waals surface area contributed by atoms with E-state index in [-0.39, 0.29) is 84.1 Å². The molecule has 2 aromatic heterocycles. The molecule has 6 atom stereocenters. The number of fused-ring (bicyclic) bond motifs is 10. The van der Waals surface area contributed by atoms with Crippen LogP contribution in [-0.2, 0) is 35.7 Å². The van der Waals surface area contributed by atoms with Crippen LogP contribution in [0.4, 0.5) is 17.6 Å². The summed E-state index contributed by atoms with van der Waals surface area (Å²) >= 11 is 0. The van der Waals surface area contributed by atoms with Crippen molar-refractivity contribution in [2.24, 2.45) is 0 Å². The van der Waals surface area contributed by atoms with Crippen LogP contribution in [0.3, 0.4) is 0 Å². The van der Waals surface area contributed by atoms with Gasteiger partial charge in [0.15, 0.2) is 35.3 Å². The molecule has 6 aliphatic rings. The molecule has 2 aliphatic carbocycles. The Hall–Kier alpha value is -6.54. The second kappa shape index (κ2) is 15.7. The van der Waals surface area contributed by atoms with E-state index in [2.05, 4.69) is 10.6 Å². The van der Waals surface area contributed by atoms with E-state index in [0.717, 1.165) is 50.7 Å². The third-order valence-electron chi connectivity index (χ3n) is 12.3. The van der Waals surface area contributed by atoms with Gasteiger partial charge in [0, 0.05) is 60.8 Å². The summed E-state index contributed by atoms with van der Waals surface area (Å²) in [6.45, 7) is -0.215. The molecule has 4 fully saturated rings. The maximum atomic E-state index is 13.8. The molecule has 6 heterocycles. The van der Waals surface area contributed by atoms with E-state index in [4.69, 9.17) is 9.47 Å². The van der Waals surface area contributed by atoms with Crippen LogP contribution in [0.5, 0.6) is 11.5 Å². The molecule has 4 aliphatic heterocycles. The zero-order valence-corrected chi connectivity index (χ0v) is 32.6. The van der Waals surface area contributed by atoms with Gasteiger partial charge in [-0.3, -0.25) is 28.8 Å². The van der Waals surface area contributed by atoms with Crippen molar-refractivity contribution in [2.75, 3.05) is 0 Å². The molecule has 0 unspecified atom stereocenters. The summed E-state index contributed by atoms with van der Waals surface area (Å²) in [7, 11) is 0. The van der Waals surface area contributed by atoms with Crippen LogP contribution in [-0.4, -0.2) is 89.5 Å². The van der Waals surface area contributed by atoms with Crippen molar-refractivity contribution >= 4 is 23.6 Å². The van der Waals surface area contributed by atoms with Crippen molar-refractivity contribution in [3.05, 3.63) is 126 Å². The Morgan fingerprint density at radius 1 is 0.629 bits per heavy atom. The highest BCUT2D eigenvalue weighted by Crippen LogP contribution is 2.40. The standard InChI is InChI=1S/2C21H19F2N3O5/c2*22-11-2-1-10(15(23)5-11)7-24-20(29)14-8-25-9-16-26(12-3-4-13(6-12)31-16)21(30)17(25)19(28)18(14)27/h2*1-2,5,8,12-13,16,28H,3-4,6-7,9H2,(H,24,29)/t12-,13+,16+;12-,13+,16-/m10/s1. The summed E-state index contributed by atoms with van der Waals surface area (Å²) in [4.78, 5) is 79.6. The molecule has 2 saturated carbocycles. The molecule has 62 heavy (non-hydrogen) atoms. The van der Waals surface area contributed by atoms with E-state index in [9.17, 15) is 56.5 Å². The van der Waals surface area contributed by atoms with E-state index < -0.39 is 81.7 Å². The number of pyridine rings is 2. The largest absolute Gasteiger partial charge is 0.503 e. The first kappa shape index (κ1) is 40.8. The van der Waals surface area contributed by atoms with Gasteiger partial charge in [-0.25, -0.2) is 17.6 Å². The summed E-state index contributed by atoms with van der Waals surface area (Å²) in [6, 6.07) is 5.87. The first-order valence-corrected chi connectivity index (χ1v) is 20.0. The normalized spacial score (nSPS) is 24.0. The van der Waals surface area contributed by atoms with Gasteiger partial charge in [0.1, 0.15) is 34.4 Å². The Bertz CT molecular complexity index is 2510. The summed E-state index contributed by atoms with van der Waals surface area (Å²) < 4.78 is 68.3. The Labute approximate surface area is 348 Å². The van der Waals surface area contributed by atoms with Gasteiger partial charge < -0.3 is 49.3 Å². The SMILES string of the molecule is O=C(NCc1ccc(F)cc1F)c1cn2c(c(O)c1=O)C(=O)N1[C@@H]3CC[C@@H](C3)O[C@H]1C2.O=C(NCc1ccc(F)cc1F)c1cn2c(c(O)c1=O)C(=O)N1[C@H]3CC[C@H](C3)O[C@H]1C2.